The zero-order valence-corrected chi connectivity index (χ0v) is 11.7. The molecule has 6 heteroatoms. The van der Waals surface area contributed by atoms with Gasteiger partial charge >= 0.3 is 0 Å². The molecule has 2 rings (SSSR count). The molecule has 2 heterocycles. The van der Waals surface area contributed by atoms with Crippen LogP contribution in [0.5, 0.6) is 11.8 Å². The highest BCUT2D eigenvalue weighted by molar-refractivity contribution is 5.26. The summed E-state index contributed by atoms with van der Waals surface area (Å²) < 4.78 is 16.2. The monoisotopic (exact) mass is 267 g/mol. The van der Waals surface area contributed by atoms with Gasteiger partial charge in [0.2, 0.25) is 11.8 Å². The Morgan fingerprint density at radius 2 is 2.21 bits per heavy atom. The van der Waals surface area contributed by atoms with Gasteiger partial charge in [-0.15, -0.1) is 0 Å². The number of hydrogen-bond acceptors (Lipinski definition) is 6. The third-order valence-electron chi connectivity index (χ3n) is 3.34. The second-order valence-corrected chi connectivity index (χ2v) is 4.48. The third-order valence-corrected chi connectivity index (χ3v) is 3.34. The summed E-state index contributed by atoms with van der Waals surface area (Å²) in [5, 5.41) is 3.25. The van der Waals surface area contributed by atoms with Crippen molar-refractivity contribution in [2.24, 2.45) is 0 Å². The third kappa shape index (κ3) is 3.13. The second-order valence-electron chi connectivity index (χ2n) is 4.48. The van der Waals surface area contributed by atoms with Crippen molar-refractivity contribution in [2.75, 3.05) is 27.9 Å². The van der Waals surface area contributed by atoms with Gasteiger partial charge < -0.3 is 19.5 Å². The van der Waals surface area contributed by atoms with Crippen molar-refractivity contribution >= 4 is 0 Å². The maximum atomic E-state index is 5.82. The van der Waals surface area contributed by atoms with Crippen LogP contribution in [0.15, 0.2) is 6.20 Å². The van der Waals surface area contributed by atoms with Gasteiger partial charge in [-0.05, 0) is 26.3 Å². The van der Waals surface area contributed by atoms with Crippen LogP contribution in [-0.4, -0.2) is 43.9 Å². The first-order valence-corrected chi connectivity index (χ1v) is 6.54. The van der Waals surface area contributed by atoms with Crippen molar-refractivity contribution in [3.05, 3.63) is 11.9 Å². The van der Waals surface area contributed by atoms with Crippen LogP contribution in [0, 0.1) is 0 Å². The predicted molar refractivity (Wildman–Crippen MR) is 70.5 cm³/mol. The molecule has 0 spiro atoms. The average molecular weight is 267 g/mol. The number of hydrogen-bond donors (Lipinski definition) is 1. The Hall–Kier alpha value is -1.40. The van der Waals surface area contributed by atoms with Crippen molar-refractivity contribution < 1.29 is 14.2 Å². The maximum Gasteiger partial charge on any atom is 0.240 e. The Morgan fingerprint density at radius 3 is 2.79 bits per heavy atom. The quantitative estimate of drug-likeness (QED) is 0.868. The Balaban J connectivity index is 2.26. The van der Waals surface area contributed by atoms with E-state index < -0.39 is 0 Å². The van der Waals surface area contributed by atoms with Gasteiger partial charge in [0.05, 0.1) is 32.6 Å². The second kappa shape index (κ2) is 6.68. The Kier molecular flexibility index (Phi) is 4.93. The average Bonchev–Trinajstić information content (AvgIpc) is 2.49. The fourth-order valence-corrected chi connectivity index (χ4v) is 2.36. The summed E-state index contributed by atoms with van der Waals surface area (Å²) in [5.41, 5.74) is 0.762. The molecule has 2 atom stereocenters. The molecule has 1 aromatic rings. The van der Waals surface area contributed by atoms with E-state index in [0.29, 0.717) is 11.8 Å². The first-order chi connectivity index (χ1) is 9.30. The molecule has 1 N–H and O–H groups in total. The summed E-state index contributed by atoms with van der Waals surface area (Å²) in [6.45, 7) is 0.800. The molecule has 0 aromatic carbocycles. The van der Waals surface area contributed by atoms with Crippen LogP contribution in [0.3, 0.4) is 0 Å². The van der Waals surface area contributed by atoms with E-state index in [1.54, 1.807) is 20.4 Å². The van der Waals surface area contributed by atoms with Gasteiger partial charge in [0.15, 0.2) is 0 Å². The number of likely N-dealkylation sites (N-methyl/N-ethyl adjacent to an activating group) is 1. The van der Waals surface area contributed by atoms with Gasteiger partial charge in [0.25, 0.3) is 0 Å². The molecule has 6 nitrogen and oxygen atoms in total. The van der Waals surface area contributed by atoms with Crippen molar-refractivity contribution in [3.63, 3.8) is 0 Å². The minimum absolute atomic E-state index is 0.0198. The molecule has 1 fully saturated rings. The lowest BCUT2D eigenvalue weighted by Gasteiger charge is -2.30. The van der Waals surface area contributed by atoms with Crippen LogP contribution in [0.25, 0.3) is 0 Å². The van der Waals surface area contributed by atoms with Gasteiger partial charge in [-0.2, -0.15) is 4.98 Å². The largest absolute Gasteiger partial charge is 0.480 e. The van der Waals surface area contributed by atoms with E-state index in [-0.39, 0.29) is 12.1 Å². The SMILES string of the molecule is CNC(c1ncc(OC)nc1OC)C1CCCCO1. The fraction of sp³-hybridized carbons (Fsp3) is 0.692. The zero-order chi connectivity index (χ0) is 13.7. The predicted octanol–water partition coefficient (Wildman–Crippen LogP) is 1.32. The molecule has 1 aliphatic heterocycles. The van der Waals surface area contributed by atoms with E-state index in [0.717, 1.165) is 25.1 Å². The van der Waals surface area contributed by atoms with Crippen LogP contribution in [0.1, 0.15) is 31.0 Å². The lowest BCUT2D eigenvalue weighted by Crippen LogP contribution is -2.35. The lowest BCUT2D eigenvalue weighted by molar-refractivity contribution is -0.00812. The van der Waals surface area contributed by atoms with Crippen LogP contribution in [-0.2, 0) is 4.74 Å². The van der Waals surface area contributed by atoms with Crippen LogP contribution >= 0.6 is 0 Å². The molecule has 0 saturated carbocycles. The van der Waals surface area contributed by atoms with E-state index in [1.807, 2.05) is 7.05 Å². The van der Waals surface area contributed by atoms with E-state index >= 15 is 0 Å². The Morgan fingerprint density at radius 1 is 1.37 bits per heavy atom. The number of nitrogens with one attached hydrogen (secondary N) is 1. The van der Waals surface area contributed by atoms with Gasteiger partial charge in [-0.25, -0.2) is 4.98 Å². The van der Waals surface area contributed by atoms with Crippen molar-refractivity contribution in [1.29, 1.82) is 0 Å². The molecule has 19 heavy (non-hydrogen) atoms. The van der Waals surface area contributed by atoms with Gasteiger partial charge in [-0.3, -0.25) is 0 Å². The first kappa shape index (κ1) is 14.0. The molecule has 106 valence electrons. The number of ether oxygens (including phenoxy) is 3. The van der Waals surface area contributed by atoms with Gasteiger partial charge in [0.1, 0.15) is 5.69 Å². The van der Waals surface area contributed by atoms with Crippen LogP contribution in [0.4, 0.5) is 0 Å². The van der Waals surface area contributed by atoms with Crippen LogP contribution in [0.2, 0.25) is 0 Å². The molecular formula is C13H21N3O3. The lowest BCUT2D eigenvalue weighted by atomic mass is 9.99. The Bertz CT molecular complexity index is 408. The summed E-state index contributed by atoms with van der Waals surface area (Å²) in [5.74, 6) is 0.924. The fourth-order valence-electron chi connectivity index (χ4n) is 2.36. The number of rotatable bonds is 5. The number of aromatic nitrogens is 2. The summed E-state index contributed by atoms with van der Waals surface area (Å²) in [6.07, 6.45) is 5.02. The Labute approximate surface area is 113 Å². The van der Waals surface area contributed by atoms with Gasteiger partial charge in [0, 0.05) is 6.61 Å². The first-order valence-electron chi connectivity index (χ1n) is 6.54. The van der Waals surface area contributed by atoms with Crippen LogP contribution < -0.4 is 14.8 Å². The maximum absolute atomic E-state index is 5.82. The molecule has 1 aromatic heterocycles. The number of nitrogens with zero attached hydrogens (tertiary/aromatic N) is 2. The van der Waals surface area contributed by atoms with E-state index in [2.05, 4.69) is 15.3 Å². The molecule has 0 amide bonds. The zero-order valence-electron chi connectivity index (χ0n) is 11.7. The molecule has 1 saturated heterocycles. The molecule has 0 aliphatic carbocycles. The highest BCUT2D eigenvalue weighted by atomic mass is 16.5. The van der Waals surface area contributed by atoms with Crippen molar-refractivity contribution in [1.82, 2.24) is 15.3 Å². The minimum atomic E-state index is -0.0198. The highest BCUT2D eigenvalue weighted by Gasteiger charge is 2.29. The summed E-state index contributed by atoms with van der Waals surface area (Å²) in [7, 11) is 5.04. The van der Waals surface area contributed by atoms with E-state index in [9.17, 15) is 0 Å². The molecule has 0 bridgehead atoms. The minimum Gasteiger partial charge on any atom is -0.480 e. The van der Waals surface area contributed by atoms with Crippen molar-refractivity contribution in [3.8, 4) is 11.8 Å². The van der Waals surface area contributed by atoms with Crippen molar-refractivity contribution in [2.45, 2.75) is 31.4 Å². The summed E-state index contributed by atoms with van der Waals surface area (Å²) in [6, 6.07) is -0.0198. The highest BCUT2D eigenvalue weighted by Crippen LogP contribution is 2.30. The van der Waals surface area contributed by atoms with E-state index in [1.165, 1.54) is 6.42 Å². The molecular weight excluding hydrogens is 246 g/mol. The number of methoxy groups -OCH3 is 2. The summed E-state index contributed by atoms with van der Waals surface area (Å²) >= 11 is 0. The molecule has 2 unspecified atom stereocenters. The summed E-state index contributed by atoms with van der Waals surface area (Å²) in [4.78, 5) is 8.68. The molecule has 0 radical (unpaired) electrons. The topological polar surface area (TPSA) is 65.5 Å². The van der Waals surface area contributed by atoms with E-state index in [4.69, 9.17) is 14.2 Å². The smallest absolute Gasteiger partial charge is 0.240 e. The normalized spacial score (nSPS) is 20.9. The molecule has 1 aliphatic rings. The standard InChI is InChI=1S/C13H21N3O3/c1-14-11(9-6-4-5-7-19-9)12-13(18-3)16-10(17-2)8-15-12/h8-9,11,14H,4-7H2,1-3H3. The van der Waals surface area contributed by atoms with Gasteiger partial charge in [-0.1, -0.05) is 0 Å².